The Kier molecular flexibility index (Phi) is 4.81. The Bertz CT molecular complexity index is 939. The summed E-state index contributed by atoms with van der Waals surface area (Å²) in [5.41, 5.74) is 1.94. The Morgan fingerprint density at radius 3 is 2.52 bits per heavy atom. The summed E-state index contributed by atoms with van der Waals surface area (Å²) >= 11 is 0. The van der Waals surface area contributed by atoms with Gasteiger partial charge in [-0.25, -0.2) is 9.69 Å². The van der Waals surface area contributed by atoms with Crippen LogP contribution in [0.1, 0.15) is 27.5 Å². The van der Waals surface area contributed by atoms with Crippen LogP contribution in [0.5, 0.6) is 0 Å². The van der Waals surface area contributed by atoms with Crippen LogP contribution in [-0.4, -0.2) is 51.1 Å². The fourth-order valence-electron chi connectivity index (χ4n) is 3.09. The van der Waals surface area contributed by atoms with Crippen LogP contribution in [0, 0.1) is 13.8 Å². The molecule has 1 saturated heterocycles. The van der Waals surface area contributed by atoms with Gasteiger partial charge in [-0.3, -0.25) is 19.3 Å². The van der Waals surface area contributed by atoms with E-state index in [1.54, 1.807) is 25.3 Å². The van der Waals surface area contributed by atoms with Gasteiger partial charge in [-0.1, -0.05) is 6.08 Å². The van der Waals surface area contributed by atoms with E-state index in [9.17, 15) is 19.2 Å². The summed E-state index contributed by atoms with van der Waals surface area (Å²) in [6.07, 6.45) is 2.92. The first kappa shape index (κ1) is 18.4. The van der Waals surface area contributed by atoms with Gasteiger partial charge in [-0.05, 0) is 32.0 Å². The quantitative estimate of drug-likeness (QED) is 0.322. The van der Waals surface area contributed by atoms with Crippen LogP contribution in [0.15, 0.2) is 41.5 Å². The number of amides is 4. The Hall–Kier alpha value is -3.42. The number of aromatic nitrogens is 1. The number of nitrogens with zero attached hydrogens (tertiary/aromatic N) is 3. The van der Waals surface area contributed by atoms with Crippen molar-refractivity contribution in [3.8, 4) is 0 Å². The van der Waals surface area contributed by atoms with E-state index in [1.807, 2.05) is 17.6 Å². The predicted octanol–water partition coefficient (Wildman–Crippen LogP) is 1.91. The maximum atomic E-state index is 12.7. The standard InChI is InChI=1S/C19H19N3O5/c1-4-7-20-17(24)18(25)22(19(20)26)11-16(23)15-9-12(2)21(13(15)3)10-14-6-5-8-27-14/h4-6,8-9H,1,7,10-11H2,2-3H3. The molecular formula is C19H19N3O5. The molecule has 1 aliphatic heterocycles. The first-order valence-corrected chi connectivity index (χ1v) is 8.35. The fraction of sp³-hybridized carbons (Fsp3) is 0.263. The molecule has 0 saturated carbocycles. The number of furan rings is 1. The number of aryl methyl sites for hydroxylation is 1. The molecule has 4 amide bonds. The monoisotopic (exact) mass is 369 g/mol. The zero-order valence-corrected chi connectivity index (χ0v) is 15.1. The summed E-state index contributed by atoms with van der Waals surface area (Å²) in [5.74, 6) is -1.62. The summed E-state index contributed by atoms with van der Waals surface area (Å²) < 4.78 is 7.26. The first-order chi connectivity index (χ1) is 12.8. The highest BCUT2D eigenvalue weighted by Gasteiger charge is 2.44. The van der Waals surface area contributed by atoms with E-state index in [1.165, 1.54) is 6.08 Å². The normalized spacial score (nSPS) is 14.4. The molecule has 0 aliphatic carbocycles. The summed E-state index contributed by atoms with van der Waals surface area (Å²) in [7, 11) is 0. The Balaban J connectivity index is 1.81. The molecule has 1 fully saturated rings. The van der Waals surface area contributed by atoms with E-state index in [-0.39, 0.29) is 6.54 Å². The van der Waals surface area contributed by atoms with Crippen LogP contribution in [0.25, 0.3) is 0 Å². The van der Waals surface area contributed by atoms with Crippen molar-refractivity contribution in [3.05, 3.63) is 59.8 Å². The van der Waals surface area contributed by atoms with Gasteiger partial charge in [0.25, 0.3) is 0 Å². The van der Waals surface area contributed by atoms with Crippen molar-refractivity contribution < 1.29 is 23.6 Å². The molecule has 27 heavy (non-hydrogen) atoms. The predicted molar refractivity (Wildman–Crippen MR) is 95.1 cm³/mol. The van der Waals surface area contributed by atoms with Gasteiger partial charge in [0.1, 0.15) is 5.76 Å². The van der Waals surface area contributed by atoms with Crippen molar-refractivity contribution in [1.29, 1.82) is 0 Å². The van der Waals surface area contributed by atoms with E-state index >= 15 is 0 Å². The molecule has 3 rings (SSSR count). The highest BCUT2D eigenvalue weighted by atomic mass is 16.3. The van der Waals surface area contributed by atoms with Crippen LogP contribution < -0.4 is 0 Å². The molecule has 8 heteroatoms. The van der Waals surface area contributed by atoms with Gasteiger partial charge in [-0.2, -0.15) is 0 Å². The Morgan fingerprint density at radius 2 is 1.89 bits per heavy atom. The highest BCUT2D eigenvalue weighted by molar-refractivity contribution is 6.45. The maximum Gasteiger partial charge on any atom is 0.334 e. The summed E-state index contributed by atoms with van der Waals surface area (Å²) in [5, 5.41) is 0. The van der Waals surface area contributed by atoms with E-state index in [0.717, 1.165) is 16.4 Å². The minimum absolute atomic E-state index is 0.0776. The van der Waals surface area contributed by atoms with Crippen LogP contribution in [0.2, 0.25) is 0 Å². The highest BCUT2D eigenvalue weighted by Crippen LogP contribution is 2.20. The number of Topliss-reactive ketones (excluding diaryl/α,β-unsaturated/α-hetero) is 1. The molecule has 0 radical (unpaired) electrons. The number of imide groups is 2. The van der Waals surface area contributed by atoms with Gasteiger partial charge in [-0.15, -0.1) is 6.58 Å². The van der Waals surface area contributed by atoms with Crippen LogP contribution in [0.4, 0.5) is 4.79 Å². The number of urea groups is 1. The maximum absolute atomic E-state index is 12.7. The van der Waals surface area contributed by atoms with Crippen LogP contribution in [-0.2, 0) is 16.1 Å². The molecule has 0 atom stereocenters. The van der Waals surface area contributed by atoms with Gasteiger partial charge in [0.2, 0.25) is 0 Å². The Morgan fingerprint density at radius 1 is 1.19 bits per heavy atom. The second-order valence-electron chi connectivity index (χ2n) is 6.25. The number of carbonyl (C=O) groups excluding carboxylic acids is 4. The molecule has 0 spiro atoms. The van der Waals surface area contributed by atoms with Crippen molar-refractivity contribution >= 4 is 23.6 Å². The van der Waals surface area contributed by atoms with Gasteiger partial charge in [0.05, 0.1) is 19.4 Å². The molecule has 1 aliphatic rings. The van der Waals surface area contributed by atoms with E-state index in [0.29, 0.717) is 22.7 Å². The molecule has 8 nitrogen and oxygen atoms in total. The molecule has 2 aromatic heterocycles. The number of carbonyl (C=O) groups is 4. The van der Waals surface area contributed by atoms with Crippen molar-refractivity contribution in [2.45, 2.75) is 20.4 Å². The SMILES string of the molecule is C=CCN1C(=O)C(=O)N(CC(=O)c2cc(C)n(Cc3ccco3)c2C)C1=O. The van der Waals surface area contributed by atoms with Crippen molar-refractivity contribution in [2.75, 3.05) is 13.1 Å². The van der Waals surface area contributed by atoms with Crippen LogP contribution in [0.3, 0.4) is 0 Å². The summed E-state index contributed by atoms with van der Waals surface area (Å²) in [6.45, 7) is 6.99. The lowest BCUT2D eigenvalue weighted by Gasteiger charge is -2.13. The fourth-order valence-corrected chi connectivity index (χ4v) is 3.09. The first-order valence-electron chi connectivity index (χ1n) is 8.35. The largest absolute Gasteiger partial charge is 0.467 e. The number of hydrogen-bond donors (Lipinski definition) is 0. The molecule has 140 valence electrons. The van der Waals surface area contributed by atoms with E-state index in [4.69, 9.17) is 4.42 Å². The topological polar surface area (TPSA) is 92.8 Å². The van der Waals surface area contributed by atoms with Crippen molar-refractivity contribution in [2.24, 2.45) is 0 Å². The average Bonchev–Trinajstić information content (AvgIpc) is 3.30. The second-order valence-corrected chi connectivity index (χ2v) is 6.25. The van der Waals surface area contributed by atoms with Crippen LogP contribution >= 0.6 is 0 Å². The number of rotatable bonds is 7. The van der Waals surface area contributed by atoms with E-state index in [2.05, 4.69) is 6.58 Å². The molecule has 2 aromatic rings. The molecule has 0 N–H and O–H groups in total. The third-order valence-corrected chi connectivity index (χ3v) is 4.52. The number of hydrogen-bond acceptors (Lipinski definition) is 5. The lowest BCUT2D eigenvalue weighted by molar-refractivity contribution is -0.142. The summed E-state index contributed by atoms with van der Waals surface area (Å²) in [4.78, 5) is 50.3. The lowest BCUT2D eigenvalue weighted by Crippen LogP contribution is -2.37. The molecule has 0 aromatic carbocycles. The third-order valence-electron chi connectivity index (χ3n) is 4.52. The van der Waals surface area contributed by atoms with Gasteiger partial charge >= 0.3 is 17.8 Å². The van der Waals surface area contributed by atoms with Gasteiger partial charge in [0, 0.05) is 23.5 Å². The van der Waals surface area contributed by atoms with Gasteiger partial charge in [0.15, 0.2) is 5.78 Å². The number of ketones is 1. The zero-order chi connectivity index (χ0) is 19.7. The Labute approximate surface area is 155 Å². The van der Waals surface area contributed by atoms with Crippen molar-refractivity contribution in [1.82, 2.24) is 14.4 Å². The van der Waals surface area contributed by atoms with E-state index < -0.39 is 30.2 Å². The average molecular weight is 369 g/mol. The summed E-state index contributed by atoms with van der Waals surface area (Å²) in [6, 6.07) is 4.52. The molecular weight excluding hydrogens is 350 g/mol. The van der Waals surface area contributed by atoms with Gasteiger partial charge < -0.3 is 8.98 Å². The zero-order valence-electron chi connectivity index (χ0n) is 15.1. The third kappa shape index (κ3) is 3.21. The molecule has 3 heterocycles. The minimum Gasteiger partial charge on any atom is -0.467 e. The molecule has 0 unspecified atom stereocenters. The molecule has 0 bridgehead atoms. The minimum atomic E-state index is -1.00. The second kappa shape index (κ2) is 7.06. The van der Waals surface area contributed by atoms with Crippen molar-refractivity contribution in [3.63, 3.8) is 0 Å². The smallest absolute Gasteiger partial charge is 0.334 e. The lowest BCUT2D eigenvalue weighted by atomic mass is 10.1.